The third-order valence-electron chi connectivity index (χ3n) is 1.90. The summed E-state index contributed by atoms with van der Waals surface area (Å²) in [6, 6.07) is 7.86. The molecule has 0 amide bonds. The molecule has 2 nitrogen and oxygen atoms in total. The molecule has 0 bridgehead atoms. The number of fused-ring (bicyclic) bond motifs is 1. The van der Waals surface area contributed by atoms with Crippen LogP contribution in [0.1, 0.15) is 13.3 Å². The molecule has 0 fully saturated rings. The van der Waals surface area contributed by atoms with Crippen LogP contribution in [0.5, 0.6) is 5.75 Å². The second-order valence-corrected chi connectivity index (χ2v) is 2.94. The van der Waals surface area contributed by atoms with Gasteiger partial charge in [0, 0.05) is 5.39 Å². The van der Waals surface area contributed by atoms with Crippen molar-refractivity contribution in [3.63, 3.8) is 0 Å². The van der Waals surface area contributed by atoms with Crippen molar-refractivity contribution in [2.75, 3.05) is 6.61 Å². The van der Waals surface area contributed by atoms with Crippen molar-refractivity contribution in [3.8, 4) is 5.75 Å². The summed E-state index contributed by atoms with van der Waals surface area (Å²) in [6.45, 7) is 2.82. The fraction of sp³-hybridized carbons (Fsp3) is 0.273. The SMILES string of the molecule is CCCOc1cccc2ccoc12. The Morgan fingerprint density at radius 3 is 3.08 bits per heavy atom. The Kier molecular flexibility index (Phi) is 2.21. The Morgan fingerprint density at radius 2 is 2.23 bits per heavy atom. The van der Waals surface area contributed by atoms with E-state index in [9.17, 15) is 0 Å². The van der Waals surface area contributed by atoms with E-state index in [0.717, 1.165) is 29.7 Å². The third-order valence-corrected chi connectivity index (χ3v) is 1.90. The van der Waals surface area contributed by atoms with Crippen LogP contribution in [0.25, 0.3) is 11.0 Å². The highest BCUT2D eigenvalue weighted by Crippen LogP contribution is 2.26. The number of para-hydroxylation sites is 1. The standard InChI is InChI=1S/C11H12O2/c1-2-7-12-10-5-3-4-9-6-8-13-11(9)10/h3-6,8H,2,7H2,1H3. The summed E-state index contributed by atoms with van der Waals surface area (Å²) >= 11 is 0. The molecule has 1 aromatic heterocycles. The maximum Gasteiger partial charge on any atom is 0.175 e. The smallest absolute Gasteiger partial charge is 0.175 e. The summed E-state index contributed by atoms with van der Waals surface area (Å²) in [4.78, 5) is 0. The van der Waals surface area contributed by atoms with Gasteiger partial charge in [-0.25, -0.2) is 0 Å². The summed E-state index contributed by atoms with van der Waals surface area (Å²) < 4.78 is 10.9. The molecule has 0 aliphatic carbocycles. The zero-order valence-corrected chi connectivity index (χ0v) is 7.62. The monoisotopic (exact) mass is 176 g/mol. The lowest BCUT2D eigenvalue weighted by atomic mass is 10.2. The van der Waals surface area contributed by atoms with Gasteiger partial charge in [-0.05, 0) is 18.6 Å². The van der Waals surface area contributed by atoms with Crippen molar-refractivity contribution in [3.05, 3.63) is 30.5 Å². The molecule has 0 aliphatic heterocycles. The van der Waals surface area contributed by atoms with Gasteiger partial charge in [0.15, 0.2) is 11.3 Å². The first kappa shape index (κ1) is 8.17. The van der Waals surface area contributed by atoms with Crippen molar-refractivity contribution in [1.82, 2.24) is 0 Å². The Labute approximate surface area is 77.1 Å². The fourth-order valence-corrected chi connectivity index (χ4v) is 1.29. The number of hydrogen-bond donors (Lipinski definition) is 0. The first-order chi connectivity index (χ1) is 6.42. The highest BCUT2D eigenvalue weighted by atomic mass is 16.5. The molecule has 0 saturated heterocycles. The van der Waals surface area contributed by atoms with Gasteiger partial charge in [-0.2, -0.15) is 0 Å². The van der Waals surface area contributed by atoms with Gasteiger partial charge in [0.25, 0.3) is 0 Å². The average Bonchev–Trinajstić information content (AvgIpc) is 2.62. The molecule has 0 unspecified atom stereocenters. The maximum atomic E-state index is 5.53. The first-order valence-electron chi connectivity index (χ1n) is 4.51. The van der Waals surface area contributed by atoms with E-state index in [1.165, 1.54) is 0 Å². The lowest BCUT2D eigenvalue weighted by Gasteiger charge is -2.03. The minimum Gasteiger partial charge on any atom is -0.490 e. The number of ether oxygens (including phenoxy) is 1. The molecule has 2 rings (SSSR count). The van der Waals surface area contributed by atoms with Crippen LogP contribution in [0.4, 0.5) is 0 Å². The van der Waals surface area contributed by atoms with Gasteiger partial charge >= 0.3 is 0 Å². The van der Waals surface area contributed by atoms with E-state index in [4.69, 9.17) is 9.15 Å². The highest BCUT2D eigenvalue weighted by molar-refractivity contribution is 5.82. The van der Waals surface area contributed by atoms with Crippen LogP contribution in [-0.2, 0) is 0 Å². The summed E-state index contributed by atoms with van der Waals surface area (Å²) in [7, 11) is 0. The fourth-order valence-electron chi connectivity index (χ4n) is 1.29. The van der Waals surface area contributed by atoms with E-state index >= 15 is 0 Å². The molecular formula is C11H12O2. The summed E-state index contributed by atoms with van der Waals surface area (Å²) in [5.41, 5.74) is 0.843. The number of benzene rings is 1. The van der Waals surface area contributed by atoms with Crippen molar-refractivity contribution in [2.45, 2.75) is 13.3 Å². The largest absolute Gasteiger partial charge is 0.490 e. The van der Waals surface area contributed by atoms with Gasteiger partial charge in [-0.3, -0.25) is 0 Å². The van der Waals surface area contributed by atoms with Gasteiger partial charge in [0.2, 0.25) is 0 Å². The zero-order chi connectivity index (χ0) is 9.10. The van der Waals surface area contributed by atoms with Gasteiger partial charge < -0.3 is 9.15 Å². The molecule has 1 heterocycles. The van der Waals surface area contributed by atoms with Crippen LogP contribution in [-0.4, -0.2) is 6.61 Å². The molecule has 2 aromatic rings. The van der Waals surface area contributed by atoms with E-state index in [1.54, 1.807) is 6.26 Å². The number of hydrogen-bond acceptors (Lipinski definition) is 2. The Hall–Kier alpha value is -1.44. The quantitative estimate of drug-likeness (QED) is 0.716. The van der Waals surface area contributed by atoms with Crippen molar-refractivity contribution in [1.29, 1.82) is 0 Å². The summed E-state index contributed by atoms with van der Waals surface area (Å²) in [5, 5.41) is 1.09. The van der Waals surface area contributed by atoms with E-state index in [2.05, 4.69) is 6.92 Å². The molecule has 2 heteroatoms. The molecule has 0 spiro atoms. The lowest BCUT2D eigenvalue weighted by molar-refractivity contribution is 0.316. The molecule has 1 aromatic carbocycles. The normalized spacial score (nSPS) is 10.5. The van der Waals surface area contributed by atoms with Gasteiger partial charge in [0.1, 0.15) is 0 Å². The van der Waals surface area contributed by atoms with E-state index < -0.39 is 0 Å². The molecule has 13 heavy (non-hydrogen) atoms. The van der Waals surface area contributed by atoms with Crippen LogP contribution in [0, 0.1) is 0 Å². The van der Waals surface area contributed by atoms with E-state index in [0.29, 0.717) is 0 Å². The lowest BCUT2D eigenvalue weighted by Crippen LogP contribution is -1.94. The van der Waals surface area contributed by atoms with Crippen LogP contribution in [0.15, 0.2) is 34.9 Å². The highest BCUT2D eigenvalue weighted by Gasteiger charge is 2.03. The predicted octanol–water partition coefficient (Wildman–Crippen LogP) is 3.22. The topological polar surface area (TPSA) is 22.4 Å². The predicted molar refractivity (Wildman–Crippen MR) is 52.0 cm³/mol. The second kappa shape index (κ2) is 3.52. The van der Waals surface area contributed by atoms with E-state index in [-0.39, 0.29) is 0 Å². The molecule has 0 aliphatic rings. The van der Waals surface area contributed by atoms with Crippen LogP contribution < -0.4 is 4.74 Å². The summed E-state index contributed by atoms with van der Waals surface area (Å²) in [6.07, 6.45) is 2.70. The van der Waals surface area contributed by atoms with Gasteiger partial charge in [0.05, 0.1) is 12.9 Å². The second-order valence-electron chi connectivity index (χ2n) is 2.94. The molecule has 0 radical (unpaired) electrons. The molecule has 0 N–H and O–H groups in total. The van der Waals surface area contributed by atoms with E-state index in [1.807, 2.05) is 24.3 Å². The number of furan rings is 1. The zero-order valence-electron chi connectivity index (χ0n) is 7.62. The minimum absolute atomic E-state index is 0.736. The molecule has 68 valence electrons. The first-order valence-corrected chi connectivity index (χ1v) is 4.51. The third kappa shape index (κ3) is 1.52. The average molecular weight is 176 g/mol. The van der Waals surface area contributed by atoms with Crippen LogP contribution >= 0.6 is 0 Å². The van der Waals surface area contributed by atoms with Crippen molar-refractivity contribution in [2.24, 2.45) is 0 Å². The summed E-state index contributed by atoms with van der Waals surface area (Å²) in [5.74, 6) is 0.837. The van der Waals surface area contributed by atoms with Gasteiger partial charge in [-0.15, -0.1) is 0 Å². The van der Waals surface area contributed by atoms with Gasteiger partial charge in [-0.1, -0.05) is 19.1 Å². The van der Waals surface area contributed by atoms with Crippen LogP contribution in [0.3, 0.4) is 0 Å². The Bertz CT molecular complexity index is 390. The van der Waals surface area contributed by atoms with Crippen molar-refractivity contribution < 1.29 is 9.15 Å². The number of rotatable bonds is 3. The minimum atomic E-state index is 0.736. The Balaban J connectivity index is 2.37. The maximum absolute atomic E-state index is 5.53. The molecular weight excluding hydrogens is 164 g/mol. The molecule has 0 saturated carbocycles. The van der Waals surface area contributed by atoms with Crippen molar-refractivity contribution >= 4 is 11.0 Å². The Morgan fingerprint density at radius 1 is 1.31 bits per heavy atom. The molecule has 0 atom stereocenters. The van der Waals surface area contributed by atoms with Crippen LogP contribution in [0.2, 0.25) is 0 Å².